The number of ketones is 1. The van der Waals surface area contributed by atoms with E-state index < -0.39 is 6.10 Å². The van der Waals surface area contributed by atoms with Crippen molar-refractivity contribution in [2.45, 2.75) is 19.4 Å². The van der Waals surface area contributed by atoms with Crippen molar-refractivity contribution in [3.8, 4) is 5.75 Å². The fraction of sp³-hybridized carbons (Fsp3) is 0.222. The van der Waals surface area contributed by atoms with Crippen LogP contribution in [-0.2, 0) is 16.0 Å². The summed E-state index contributed by atoms with van der Waals surface area (Å²) in [6.45, 7) is 1.48. The first-order valence-corrected chi connectivity index (χ1v) is 7.45. The lowest BCUT2D eigenvalue weighted by Gasteiger charge is -2.34. The number of Topliss-reactive ketones (excluding diaryl/α,β-unsaturated/α-hetero) is 1. The maximum Gasteiger partial charge on any atom is 0.268 e. The van der Waals surface area contributed by atoms with Crippen molar-refractivity contribution in [1.29, 1.82) is 0 Å². The van der Waals surface area contributed by atoms with E-state index in [2.05, 4.69) is 0 Å². The van der Waals surface area contributed by atoms with Crippen molar-refractivity contribution in [3.05, 3.63) is 54.1 Å². The van der Waals surface area contributed by atoms with Gasteiger partial charge in [0.15, 0.2) is 6.10 Å². The molecule has 2 aromatic rings. The molecule has 0 saturated heterocycles. The molecule has 2 N–H and O–H groups in total. The van der Waals surface area contributed by atoms with E-state index in [9.17, 15) is 9.59 Å². The number of carbonyl (C=O) groups is 2. The number of hydrogen-bond donors (Lipinski definition) is 1. The van der Waals surface area contributed by atoms with E-state index in [1.54, 1.807) is 18.2 Å². The summed E-state index contributed by atoms with van der Waals surface area (Å²) >= 11 is 0. The van der Waals surface area contributed by atoms with Gasteiger partial charge in [0.05, 0.1) is 12.2 Å². The Morgan fingerprint density at radius 1 is 1.22 bits per heavy atom. The van der Waals surface area contributed by atoms with Gasteiger partial charge in [0, 0.05) is 12.1 Å². The van der Waals surface area contributed by atoms with Crippen molar-refractivity contribution in [2.75, 3.05) is 17.2 Å². The molecule has 3 rings (SSSR count). The van der Waals surface area contributed by atoms with E-state index in [4.69, 9.17) is 10.5 Å². The minimum Gasteiger partial charge on any atom is -0.478 e. The second-order valence-corrected chi connectivity index (χ2v) is 5.65. The number of fused-ring (bicyclic) bond motifs is 1. The molecular formula is C18H18N2O3. The Hall–Kier alpha value is -2.82. The van der Waals surface area contributed by atoms with E-state index in [0.29, 0.717) is 23.5 Å². The predicted molar refractivity (Wildman–Crippen MR) is 88.5 cm³/mol. The minimum absolute atomic E-state index is 0.0178. The SMILES string of the molecule is CC(=O)CN1C(=O)C(Cc2ccccc2)Oc2ccc(N)cc21. The van der Waals surface area contributed by atoms with Gasteiger partial charge < -0.3 is 10.5 Å². The van der Waals surface area contributed by atoms with Gasteiger partial charge in [-0.1, -0.05) is 30.3 Å². The number of anilines is 2. The summed E-state index contributed by atoms with van der Waals surface area (Å²) in [7, 11) is 0. The second kappa shape index (κ2) is 6.12. The number of benzene rings is 2. The maximum absolute atomic E-state index is 12.7. The number of ether oxygens (including phenoxy) is 1. The third kappa shape index (κ3) is 3.18. The van der Waals surface area contributed by atoms with Gasteiger partial charge in [-0.15, -0.1) is 0 Å². The van der Waals surface area contributed by atoms with Crippen LogP contribution in [0.15, 0.2) is 48.5 Å². The zero-order valence-corrected chi connectivity index (χ0v) is 12.9. The molecule has 0 fully saturated rings. The first kappa shape index (κ1) is 15.1. The second-order valence-electron chi connectivity index (χ2n) is 5.65. The van der Waals surface area contributed by atoms with Gasteiger partial charge in [0.1, 0.15) is 11.5 Å². The molecule has 0 aliphatic carbocycles. The van der Waals surface area contributed by atoms with Gasteiger partial charge in [-0.2, -0.15) is 0 Å². The molecular weight excluding hydrogens is 292 g/mol. The van der Waals surface area contributed by atoms with Crippen molar-refractivity contribution in [1.82, 2.24) is 0 Å². The topological polar surface area (TPSA) is 72.6 Å². The average molecular weight is 310 g/mol. The molecule has 0 radical (unpaired) electrons. The third-order valence-electron chi connectivity index (χ3n) is 3.73. The van der Waals surface area contributed by atoms with Crippen LogP contribution in [0.3, 0.4) is 0 Å². The molecule has 1 heterocycles. The van der Waals surface area contributed by atoms with Crippen LogP contribution in [0, 0.1) is 0 Å². The quantitative estimate of drug-likeness (QED) is 0.879. The summed E-state index contributed by atoms with van der Waals surface area (Å²) in [4.78, 5) is 25.8. The predicted octanol–water partition coefficient (Wildman–Crippen LogP) is 2.19. The highest BCUT2D eigenvalue weighted by Gasteiger charge is 2.35. The van der Waals surface area contributed by atoms with Crippen LogP contribution in [0.25, 0.3) is 0 Å². The van der Waals surface area contributed by atoms with Crippen LogP contribution >= 0.6 is 0 Å². The Bertz CT molecular complexity index is 743. The van der Waals surface area contributed by atoms with Gasteiger partial charge in [0.25, 0.3) is 5.91 Å². The van der Waals surface area contributed by atoms with Gasteiger partial charge >= 0.3 is 0 Å². The highest BCUT2D eigenvalue weighted by atomic mass is 16.5. The molecule has 2 aromatic carbocycles. The number of hydrogen-bond acceptors (Lipinski definition) is 4. The molecule has 0 spiro atoms. The van der Waals surface area contributed by atoms with Gasteiger partial charge in [0.2, 0.25) is 0 Å². The Balaban J connectivity index is 1.94. The van der Waals surface area contributed by atoms with Crippen molar-refractivity contribution < 1.29 is 14.3 Å². The number of nitrogens with two attached hydrogens (primary N) is 1. The van der Waals surface area contributed by atoms with E-state index in [0.717, 1.165) is 5.56 Å². The average Bonchev–Trinajstić information content (AvgIpc) is 2.53. The molecule has 5 nitrogen and oxygen atoms in total. The summed E-state index contributed by atoms with van der Waals surface area (Å²) in [6.07, 6.45) is -0.189. The molecule has 118 valence electrons. The van der Waals surface area contributed by atoms with E-state index in [-0.39, 0.29) is 18.2 Å². The zero-order chi connectivity index (χ0) is 16.4. The number of nitrogen functional groups attached to an aromatic ring is 1. The number of carbonyl (C=O) groups excluding carboxylic acids is 2. The van der Waals surface area contributed by atoms with Gasteiger partial charge in [-0.05, 0) is 30.7 Å². The van der Waals surface area contributed by atoms with E-state index >= 15 is 0 Å². The van der Waals surface area contributed by atoms with E-state index in [1.807, 2.05) is 30.3 Å². The smallest absolute Gasteiger partial charge is 0.268 e. The number of amides is 1. The van der Waals surface area contributed by atoms with Crippen LogP contribution in [0.1, 0.15) is 12.5 Å². The minimum atomic E-state index is -0.645. The van der Waals surface area contributed by atoms with Crippen LogP contribution in [-0.4, -0.2) is 24.3 Å². The number of rotatable bonds is 4. The molecule has 0 aromatic heterocycles. The lowest BCUT2D eigenvalue weighted by atomic mass is 10.0. The summed E-state index contributed by atoms with van der Waals surface area (Å²) in [5.74, 6) is 0.259. The Morgan fingerprint density at radius 3 is 2.65 bits per heavy atom. The largest absolute Gasteiger partial charge is 0.478 e. The maximum atomic E-state index is 12.7. The molecule has 23 heavy (non-hydrogen) atoms. The Labute approximate surface area is 134 Å². The van der Waals surface area contributed by atoms with Crippen molar-refractivity contribution in [3.63, 3.8) is 0 Å². The molecule has 1 unspecified atom stereocenters. The first-order valence-electron chi connectivity index (χ1n) is 7.45. The molecule has 1 atom stereocenters. The molecule has 0 bridgehead atoms. The van der Waals surface area contributed by atoms with Crippen LogP contribution in [0.5, 0.6) is 5.75 Å². The summed E-state index contributed by atoms with van der Waals surface area (Å²) in [5, 5.41) is 0. The van der Waals surface area contributed by atoms with Crippen molar-refractivity contribution in [2.24, 2.45) is 0 Å². The van der Waals surface area contributed by atoms with Gasteiger partial charge in [-0.25, -0.2) is 0 Å². The van der Waals surface area contributed by atoms with E-state index in [1.165, 1.54) is 11.8 Å². The lowest BCUT2D eigenvalue weighted by molar-refractivity contribution is -0.128. The summed E-state index contributed by atoms with van der Waals surface area (Å²) < 4.78 is 5.86. The molecule has 1 aliphatic rings. The summed E-state index contributed by atoms with van der Waals surface area (Å²) in [6, 6.07) is 14.8. The highest BCUT2D eigenvalue weighted by molar-refractivity contribution is 6.04. The fourth-order valence-corrected chi connectivity index (χ4v) is 2.68. The van der Waals surface area contributed by atoms with Crippen molar-refractivity contribution >= 4 is 23.1 Å². The first-order chi connectivity index (χ1) is 11.0. The van der Waals surface area contributed by atoms with Crippen LogP contribution < -0.4 is 15.4 Å². The zero-order valence-electron chi connectivity index (χ0n) is 12.9. The standard InChI is InChI=1S/C18H18N2O3/c1-12(21)11-20-15-10-14(19)7-8-16(15)23-17(18(20)22)9-13-5-3-2-4-6-13/h2-8,10,17H,9,11,19H2,1H3. The fourth-order valence-electron chi connectivity index (χ4n) is 2.68. The van der Waals surface area contributed by atoms with Crippen LogP contribution in [0.2, 0.25) is 0 Å². The van der Waals surface area contributed by atoms with Crippen LogP contribution in [0.4, 0.5) is 11.4 Å². The Kier molecular flexibility index (Phi) is 4.02. The summed E-state index contributed by atoms with van der Waals surface area (Å²) in [5.41, 5.74) is 7.88. The lowest BCUT2D eigenvalue weighted by Crippen LogP contribution is -2.48. The molecule has 1 amide bonds. The Morgan fingerprint density at radius 2 is 1.96 bits per heavy atom. The normalized spacial score (nSPS) is 16.7. The number of nitrogens with zero attached hydrogens (tertiary/aromatic N) is 1. The molecule has 1 aliphatic heterocycles. The highest BCUT2D eigenvalue weighted by Crippen LogP contribution is 2.36. The monoisotopic (exact) mass is 310 g/mol. The molecule has 5 heteroatoms. The van der Waals surface area contributed by atoms with Gasteiger partial charge in [-0.3, -0.25) is 14.5 Å². The molecule has 0 saturated carbocycles. The third-order valence-corrected chi connectivity index (χ3v) is 3.73.